The van der Waals surface area contributed by atoms with Crippen LogP contribution in [0.5, 0.6) is 0 Å². The fraction of sp³-hybridized carbons (Fsp3) is 0. The first-order valence-corrected chi connectivity index (χ1v) is 5.05. The minimum absolute atomic E-state index is 0. The molecule has 3 N–H and O–H groups in total. The first-order valence-electron chi connectivity index (χ1n) is 1.64. The molecule has 0 aromatic heterocycles. The molecule has 0 fully saturated rings. The molecule has 7 nitrogen and oxygen atoms in total. The standard InChI is InChI=1S/Cu.Na.H4O7P2.H/c;;1-8(2,3)7-9(4,5)6;/h;;(H2,1,2,3)(H2,4,5,6);/q+1;;;/p-1. The van der Waals surface area contributed by atoms with Crippen LogP contribution in [-0.2, 0) is 33.4 Å². The molecule has 0 spiro atoms. The monoisotopic (exact) mass is 264 g/mol. The summed E-state index contributed by atoms with van der Waals surface area (Å²) in [6.45, 7) is 0. The summed E-state index contributed by atoms with van der Waals surface area (Å²) in [5.74, 6) is 0. The predicted octanol–water partition coefficient (Wildman–Crippen LogP) is -0.974. The Kier molecular flexibility index (Phi) is 7.63. The fourth-order valence-electron chi connectivity index (χ4n) is 0.144. The summed E-state index contributed by atoms with van der Waals surface area (Å²) in [4.78, 5) is 24.0. The zero-order chi connectivity index (χ0) is 8.41. The van der Waals surface area contributed by atoms with Crippen molar-refractivity contribution in [2.24, 2.45) is 0 Å². The van der Waals surface area contributed by atoms with Crippen molar-refractivity contribution < 1.29 is 48.1 Å². The molecule has 1 unspecified atom stereocenters. The molecule has 11 heteroatoms. The Morgan fingerprint density at radius 3 is 1.64 bits per heavy atom. The van der Waals surface area contributed by atoms with Crippen molar-refractivity contribution in [3.8, 4) is 0 Å². The molecule has 0 radical (unpaired) electrons. The molecule has 0 aliphatic carbocycles. The van der Waals surface area contributed by atoms with E-state index in [1.54, 1.807) is 0 Å². The van der Waals surface area contributed by atoms with Gasteiger partial charge < -0.3 is 0 Å². The van der Waals surface area contributed by atoms with Crippen molar-refractivity contribution in [1.29, 1.82) is 0 Å². The molecule has 0 saturated heterocycles. The summed E-state index contributed by atoms with van der Waals surface area (Å²) in [5.41, 5.74) is 0. The second kappa shape index (κ2) is 5.50. The average molecular weight is 265 g/mol. The van der Waals surface area contributed by atoms with Crippen LogP contribution in [0.25, 0.3) is 0 Å². The maximum absolute atomic E-state index is 10.1. The molecule has 0 aromatic carbocycles. The van der Waals surface area contributed by atoms with Gasteiger partial charge in [0, 0.05) is 0 Å². The fourth-order valence-corrected chi connectivity index (χ4v) is 1.58. The average Bonchev–Trinajstić information content (AvgIpc) is 1.60. The summed E-state index contributed by atoms with van der Waals surface area (Å²) in [6, 6.07) is 0. The number of hydrogen-bond donors (Lipinski definition) is 3. The van der Waals surface area contributed by atoms with Gasteiger partial charge in [-0.2, -0.15) is 0 Å². The Bertz CT molecular complexity index is 195. The molecule has 0 rings (SSSR count). The first-order chi connectivity index (χ1) is 4.27. The van der Waals surface area contributed by atoms with Crippen molar-refractivity contribution in [2.45, 2.75) is 0 Å². The van der Waals surface area contributed by atoms with E-state index < -0.39 is 15.6 Å². The molecular formula is H4CuNaO7P2. The van der Waals surface area contributed by atoms with Gasteiger partial charge in [-0.1, -0.05) is 0 Å². The molecule has 0 aliphatic rings. The van der Waals surface area contributed by atoms with Gasteiger partial charge in [0.15, 0.2) is 0 Å². The van der Waals surface area contributed by atoms with E-state index in [1.807, 2.05) is 0 Å². The maximum atomic E-state index is 10.1. The summed E-state index contributed by atoms with van der Waals surface area (Å²) in [7, 11) is -9.76. The molecule has 0 amide bonds. The van der Waals surface area contributed by atoms with E-state index in [-0.39, 0.29) is 29.6 Å². The van der Waals surface area contributed by atoms with Gasteiger partial charge in [-0.15, -0.1) is 0 Å². The zero-order valence-electron chi connectivity index (χ0n) is 4.17. The van der Waals surface area contributed by atoms with Crippen LogP contribution in [0.2, 0.25) is 0 Å². The van der Waals surface area contributed by atoms with Gasteiger partial charge >= 0.3 is 93.3 Å². The summed E-state index contributed by atoms with van der Waals surface area (Å²) in [5, 5.41) is 0. The van der Waals surface area contributed by atoms with E-state index in [9.17, 15) is 9.13 Å². The Balaban J connectivity index is 0. The Morgan fingerprint density at radius 1 is 1.18 bits per heavy atom. The quantitative estimate of drug-likeness (QED) is 0.444. The van der Waals surface area contributed by atoms with Gasteiger partial charge in [0.1, 0.15) is 0 Å². The van der Waals surface area contributed by atoms with Crippen molar-refractivity contribution in [2.75, 3.05) is 0 Å². The number of hydrogen-bond acceptors (Lipinski definition) is 4. The summed E-state index contributed by atoms with van der Waals surface area (Å²) >= 11 is 3.71. The van der Waals surface area contributed by atoms with E-state index in [4.69, 9.17) is 14.7 Å². The SMILES string of the molecule is O=P(O)(O)OP(=O)(O)[O][Cu].[NaH]. The van der Waals surface area contributed by atoms with E-state index in [0.717, 1.165) is 0 Å². The second-order valence-electron chi connectivity index (χ2n) is 1.10. The number of rotatable bonds is 3. The van der Waals surface area contributed by atoms with Gasteiger partial charge in [-0.05, 0) is 0 Å². The van der Waals surface area contributed by atoms with E-state index in [1.165, 1.54) is 0 Å². The van der Waals surface area contributed by atoms with Gasteiger partial charge in [-0.3, -0.25) is 0 Å². The van der Waals surface area contributed by atoms with Crippen LogP contribution in [-0.4, -0.2) is 44.2 Å². The van der Waals surface area contributed by atoms with Crippen molar-refractivity contribution >= 4 is 45.2 Å². The minimum atomic E-state index is -5.01. The van der Waals surface area contributed by atoms with Gasteiger partial charge in [0.2, 0.25) is 0 Å². The summed E-state index contributed by atoms with van der Waals surface area (Å²) in [6.07, 6.45) is 0. The molecule has 0 saturated carbocycles. The van der Waals surface area contributed by atoms with Crippen LogP contribution >= 0.6 is 15.6 Å². The van der Waals surface area contributed by atoms with E-state index in [0.29, 0.717) is 0 Å². The van der Waals surface area contributed by atoms with Crippen LogP contribution in [0.15, 0.2) is 0 Å². The second-order valence-corrected chi connectivity index (χ2v) is 4.29. The molecular weight excluding hydrogens is 260 g/mol. The van der Waals surface area contributed by atoms with Crippen molar-refractivity contribution in [1.82, 2.24) is 0 Å². The predicted molar refractivity (Wildman–Crippen MR) is 31.2 cm³/mol. The Morgan fingerprint density at radius 2 is 1.55 bits per heavy atom. The van der Waals surface area contributed by atoms with Crippen LogP contribution in [0.4, 0.5) is 0 Å². The molecule has 0 aliphatic heterocycles. The third-order valence-corrected chi connectivity index (χ3v) is 2.75. The van der Waals surface area contributed by atoms with E-state index >= 15 is 0 Å². The molecule has 0 aromatic rings. The topological polar surface area (TPSA) is 113 Å². The third kappa shape index (κ3) is 9.70. The molecule has 0 heterocycles. The normalized spacial score (nSPS) is 16.8. The van der Waals surface area contributed by atoms with Crippen LogP contribution in [0.1, 0.15) is 0 Å². The Hall–Kier alpha value is 1.78. The van der Waals surface area contributed by atoms with Crippen molar-refractivity contribution in [3.05, 3.63) is 0 Å². The first kappa shape index (κ1) is 15.3. The van der Waals surface area contributed by atoms with Gasteiger partial charge in [-0.25, -0.2) is 0 Å². The van der Waals surface area contributed by atoms with Gasteiger partial charge in [0.05, 0.1) is 0 Å². The molecule has 11 heavy (non-hydrogen) atoms. The molecule has 0 bridgehead atoms. The van der Waals surface area contributed by atoms with Crippen LogP contribution in [0, 0.1) is 0 Å². The summed E-state index contributed by atoms with van der Waals surface area (Å²) < 4.78 is 26.4. The van der Waals surface area contributed by atoms with Crippen LogP contribution < -0.4 is 0 Å². The van der Waals surface area contributed by atoms with E-state index in [2.05, 4.69) is 24.3 Å². The molecule has 68 valence electrons. The Labute approximate surface area is 92.8 Å². The zero-order valence-corrected chi connectivity index (χ0v) is 6.90. The van der Waals surface area contributed by atoms with Gasteiger partial charge in [0.25, 0.3) is 0 Å². The van der Waals surface area contributed by atoms with Crippen molar-refractivity contribution in [3.63, 3.8) is 0 Å². The third-order valence-electron chi connectivity index (χ3n) is 0.279. The molecule has 1 atom stereocenters. The van der Waals surface area contributed by atoms with Crippen LogP contribution in [0.3, 0.4) is 0 Å². The number of phosphoric acid groups is 2.